The summed E-state index contributed by atoms with van der Waals surface area (Å²) in [7, 11) is 0. The lowest BCUT2D eigenvalue weighted by molar-refractivity contribution is -0.235. The van der Waals surface area contributed by atoms with Crippen LogP contribution in [-0.4, -0.2) is 37.1 Å². The fraction of sp³-hybridized carbons (Fsp3) is 0.750. The summed E-state index contributed by atoms with van der Waals surface area (Å²) in [6.45, 7) is 5.31. The van der Waals surface area contributed by atoms with Gasteiger partial charge in [0.1, 0.15) is 18.9 Å². The van der Waals surface area contributed by atoms with Gasteiger partial charge in [0, 0.05) is 5.56 Å². The second-order valence-electron chi connectivity index (χ2n) is 6.64. The normalized spacial score (nSPS) is 36.8. The van der Waals surface area contributed by atoms with E-state index >= 15 is 0 Å². The molecule has 2 aliphatic rings. The summed E-state index contributed by atoms with van der Waals surface area (Å²) < 4.78 is 41.4. The number of alkyl halides is 1. The molecule has 1 aromatic heterocycles. The van der Waals surface area contributed by atoms with Crippen molar-refractivity contribution in [1.82, 2.24) is 0 Å². The van der Waals surface area contributed by atoms with Gasteiger partial charge in [-0.05, 0) is 36.9 Å². The molecule has 0 aromatic carbocycles. The van der Waals surface area contributed by atoms with Crippen LogP contribution in [-0.2, 0) is 25.6 Å². The smallest absolute Gasteiger partial charge is 0.198 e. The molecule has 3 rings (SSSR count). The third-order valence-electron chi connectivity index (χ3n) is 4.09. The number of furan rings is 1. The van der Waals surface area contributed by atoms with Gasteiger partial charge in [0.15, 0.2) is 17.3 Å². The maximum absolute atomic E-state index is 13.1. The minimum atomic E-state index is -1.27. The fourth-order valence-electron chi connectivity index (χ4n) is 3.00. The highest BCUT2D eigenvalue weighted by atomic mass is 35.5. The van der Waals surface area contributed by atoms with Crippen molar-refractivity contribution in [2.24, 2.45) is 5.92 Å². The summed E-state index contributed by atoms with van der Waals surface area (Å²) in [6.07, 6.45) is 0.738. The summed E-state index contributed by atoms with van der Waals surface area (Å²) in [6, 6.07) is 1.75. The standard InChI is InChI=1S/C16H22ClFO5/c1-9(2)6-11-12(20-7-10-4-5-19-14(10)17)13-15(21-11)23-16(3,8-18)22-13/h4-5,9,11-13,15H,6-8H2,1-3H3/t11-,12+,13-,15-,16?/m1/s1. The van der Waals surface area contributed by atoms with Crippen molar-refractivity contribution < 1.29 is 27.8 Å². The van der Waals surface area contributed by atoms with Crippen molar-refractivity contribution in [3.8, 4) is 0 Å². The van der Waals surface area contributed by atoms with Crippen molar-refractivity contribution in [3.05, 3.63) is 23.1 Å². The Labute approximate surface area is 140 Å². The fourth-order valence-corrected chi connectivity index (χ4v) is 3.17. The minimum Gasteiger partial charge on any atom is -0.453 e. The molecular formula is C16H22ClFO5. The topological polar surface area (TPSA) is 50.1 Å². The molecule has 3 heterocycles. The van der Waals surface area contributed by atoms with Crippen LogP contribution in [0.3, 0.4) is 0 Å². The maximum atomic E-state index is 13.1. The van der Waals surface area contributed by atoms with Gasteiger partial charge in [-0.15, -0.1) is 0 Å². The van der Waals surface area contributed by atoms with Crippen LogP contribution in [0, 0.1) is 5.92 Å². The molecule has 0 amide bonds. The average Bonchev–Trinajstić information content (AvgIpc) is 3.11. The molecule has 5 atom stereocenters. The lowest BCUT2D eigenvalue weighted by atomic mass is 10.0. The van der Waals surface area contributed by atoms with Crippen molar-refractivity contribution >= 4 is 11.6 Å². The van der Waals surface area contributed by atoms with E-state index in [-0.39, 0.29) is 18.8 Å². The second kappa shape index (κ2) is 6.69. The van der Waals surface area contributed by atoms with E-state index in [0.29, 0.717) is 11.1 Å². The highest BCUT2D eigenvalue weighted by molar-refractivity contribution is 6.29. The van der Waals surface area contributed by atoms with E-state index in [1.165, 1.54) is 6.26 Å². The van der Waals surface area contributed by atoms with Crippen LogP contribution in [0.25, 0.3) is 0 Å². The quantitative estimate of drug-likeness (QED) is 0.784. The highest BCUT2D eigenvalue weighted by Gasteiger charge is 2.56. The summed E-state index contributed by atoms with van der Waals surface area (Å²) >= 11 is 5.94. The molecule has 0 N–H and O–H groups in total. The molecule has 5 nitrogen and oxygen atoms in total. The van der Waals surface area contributed by atoms with Crippen molar-refractivity contribution in [1.29, 1.82) is 0 Å². The van der Waals surface area contributed by atoms with E-state index in [1.54, 1.807) is 13.0 Å². The zero-order valence-electron chi connectivity index (χ0n) is 13.5. The molecule has 2 saturated heterocycles. The van der Waals surface area contributed by atoms with E-state index in [9.17, 15) is 4.39 Å². The van der Waals surface area contributed by atoms with E-state index in [2.05, 4.69) is 13.8 Å². The molecule has 7 heteroatoms. The third-order valence-corrected chi connectivity index (χ3v) is 4.42. The van der Waals surface area contributed by atoms with Crippen LogP contribution in [0.1, 0.15) is 32.8 Å². The lowest BCUT2D eigenvalue weighted by Gasteiger charge is -2.27. The Hall–Kier alpha value is -0.660. The number of ether oxygens (including phenoxy) is 4. The first-order chi connectivity index (χ1) is 10.9. The Morgan fingerprint density at radius 3 is 2.78 bits per heavy atom. The molecule has 1 aromatic rings. The summed E-state index contributed by atoms with van der Waals surface area (Å²) in [5.74, 6) is -0.845. The van der Waals surface area contributed by atoms with Crippen molar-refractivity contribution in [2.45, 2.75) is 64.2 Å². The summed E-state index contributed by atoms with van der Waals surface area (Å²) in [4.78, 5) is 0. The van der Waals surface area contributed by atoms with Crippen LogP contribution in [0.4, 0.5) is 4.39 Å². The Bertz CT molecular complexity index is 536. The SMILES string of the molecule is CC(C)C[C@H]1O[C@@H]2OC(C)(CF)O[C@@H]2[C@H]1OCc1ccoc1Cl. The zero-order chi connectivity index (χ0) is 16.6. The Morgan fingerprint density at radius 2 is 2.17 bits per heavy atom. The van der Waals surface area contributed by atoms with Crippen LogP contribution in [0.5, 0.6) is 0 Å². The summed E-state index contributed by atoms with van der Waals surface area (Å²) in [5, 5.41) is 0.304. The highest BCUT2D eigenvalue weighted by Crippen LogP contribution is 2.41. The Morgan fingerprint density at radius 1 is 1.39 bits per heavy atom. The zero-order valence-corrected chi connectivity index (χ0v) is 14.2. The first-order valence-electron chi connectivity index (χ1n) is 7.82. The van der Waals surface area contributed by atoms with Gasteiger partial charge in [-0.2, -0.15) is 0 Å². The predicted octanol–water partition coefficient (Wildman–Crippen LogP) is 3.69. The van der Waals surface area contributed by atoms with Gasteiger partial charge >= 0.3 is 0 Å². The van der Waals surface area contributed by atoms with Crippen LogP contribution in [0.15, 0.2) is 16.7 Å². The first kappa shape index (κ1) is 17.2. The molecule has 130 valence electrons. The maximum Gasteiger partial charge on any atom is 0.198 e. The van der Waals surface area contributed by atoms with Gasteiger partial charge in [0.25, 0.3) is 0 Å². The van der Waals surface area contributed by atoms with E-state index in [4.69, 9.17) is 35.0 Å². The van der Waals surface area contributed by atoms with Crippen LogP contribution < -0.4 is 0 Å². The molecule has 23 heavy (non-hydrogen) atoms. The van der Waals surface area contributed by atoms with Gasteiger partial charge in [-0.25, -0.2) is 4.39 Å². The van der Waals surface area contributed by atoms with Gasteiger partial charge in [-0.1, -0.05) is 13.8 Å². The molecule has 0 aliphatic carbocycles. The minimum absolute atomic E-state index is 0.167. The molecule has 0 saturated carbocycles. The number of hydrogen-bond donors (Lipinski definition) is 0. The van der Waals surface area contributed by atoms with Gasteiger partial charge in [0.2, 0.25) is 0 Å². The van der Waals surface area contributed by atoms with Gasteiger partial charge in [-0.3, -0.25) is 0 Å². The molecule has 2 fully saturated rings. The van der Waals surface area contributed by atoms with E-state index in [1.807, 2.05) is 0 Å². The molecule has 2 aliphatic heterocycles. The van der Waals surface area contributed by atoms with Gasteiger partial charge in [0.05, 0.1) is 19.0 Å². The van der Waals surface area contributed by atoms with Crippen LogP contribution >= 0.6 is 11.6 Å². The molecule has 1 unspecified atom stereocenters. The molecule has 0 radical (unpaired) electrons. The number of hydrogen-bond acceptors (Lipinski definition) is 5. The Kier molecular flexibility index (Phi) is 4.99. The predicted molar refractivity (Wildman–Crippen MR) is 80.7 cm³/mol. The molecular weight excluding hydrogens is 327 g/mol. The van der Waals surface area contributed by atoms with Crippen LogP contribution in [0.2, 0.25) is 5.22 Å². The number of rotatable bonds is 6. The Balaban J connectivity index is 1.70. The van der Waals surface area contributed by atoms with Gasteiger partial charge < -0.3 is 23.4 Å². The monoisotopic (exact) mass is 348 g/mol. The van der Waals surface area contributed by atoms with Crippen molar-refractivity contribution in [3.63, 3.8) is 0 Å². The van der Waals surface area contributed by atoms with E-state index < -0.39 is 24.9 Å². The van der Waals surface area contributed by atoms with Crippen molar-refractivity contribution in [2.75, 3.05) is 6.67 Å². The number of fused-ring (bicyclic) bond motifs is 1. The average molecular weight is 349 g/mol. The third kappa shape index (κ3) is 3.56. The molecule has 0 bridgehead atoms. The lowest BCUT2D eigenvalue weighted by Crippen LogP contribution is -2.39. The largest absolute Gasteiger partial charge is 0.453 e. The first-order valence-corrected chi connectivity index (χ1v) is 8.20. The summed E-state index contributed by atoms with van der Waals surface area (Å²) in [5.41, 5.74) is 0.755. The second-order valence-corrected chi connectivity index (χ2v) is 6.98. The molecule has 0 spiro atoms. The number of halogens is 2. The van der Waals surface area contributed by atoms with E-state index in [0.717, 1.165) is 12.0 Å².